The zero-order valence-electron chi connectivity index (χ0n) is 16.8. The number of guanidine groups is 1. The lowest BCUT2D eigenvalue weighted by atomic mass is 10.2. The number of nitrogens with zero attached hydrogens (tertiary/aromatic N) is 3. The van der Waals surface area contributed by atoms with Gasteiger partial charge in [0.05, 0.1) is 12.5 Å². The average molecular weight is 401 g/mol. The second kappa shape index (κ2) is 9.81. The molecule has 2 amide bonds. The summed E-state index contributed by atoms with van der Waals surface area (Å²) < 4.78 is 10.4. The number of carbonyl (C=O) groups is 2. The zero-order chi connectivity index (χ0) is 20.6. The molecule has 1 aliphatic heterocycles. The lowest BCUT2D eigenvalue weighted by Gasteiger charge is -2.36. The number of piperazine rings is 1. The predicted molar refractivity (Wildman–Crippen MR) is 108 cm³/mol. The number of rotatable bonds is 6. The number of hydrogen-bond acceptors (Lipinski definition) is 5. The van der Waals surface area contributed by atoms with E-state index < -0.39 is 0 Å². The highest BCUT2D eigenvalue weighted by Gasteiger charge is 2.25. The molecule has 0 radical (unpaired) electrons. The van der Waals surface area contributed by atoms with E-state index in [1.165, 1.54) is 12.5 Å². The Morgan fingerprint density at radius 2 is 1.76 bits per heavy atom. The van der Waals surface area contributed by atoms with Crippen LogP contribution in [0.1, 0.15) is 33.1 Å². The van der Waals surface area contributed by atoms with Gasteiger partial charge < -0.3 is 29.3 Å². The molecule has 29 heavy (non-hydrogen) atoms. The van der Waals surface area contributed by atoms with Gasteiger partial charge in [0, 0.05) is 51.9 Å². The van der Waals surface area contributed by atoms with Gasteiger partial charge in [-0.25, -0.2) is 0 Å². The van der Waals surface area contributed by atoms with E-state index in [2.05, 4.69) is 20.5 Å². The first-order valence-corrected chi connectivity index (χ1v) is 9.71. The lowest BCUT2D eigenvalue weighted by Crippen LogP contribution is -2.53. The van der Waals surface area contributed by atoms with Crippen LogP contribution in [-0.2, 0) is 0 Å². The van der Waals surface area contributed by atoms with Crippen LogP contribution in [0.4, 0.5) is 0 Å². The van der Waals surface area contributed by atoms with Crippen molar-refractivity contribution in [3.05, 3.63) is 47.8 Å². The summed E-state index contributed by atoms with van der Waals surface area (Å²) in [5, 5.41) is 6.16. The van der Waals surface area contributed by atoms with E-state index >= 15 is 0 Å². The van der Waals surface area contributed by atoms with Gasteiger partial charge in [0.25, 0.3) is 11.8 Å². The number of aryl methyl sites for hydroxylation is 1. The molecular formula is C20H27N5O4. The topological polar surface area (TPSA) is 103 Å². The number of furan rings is 2. The summed E-state index contributed by atoms with van der Waals surface area (Å²) in [4.78, 5) is 32.6. The minimum Gasteiger partial charge on any atom is -0.459 e. The fraction of sp³-hybridized carbons (Fsp3) is 0.450. The van der Waals surface area contributed by atoms with Crippen molar-refractivity contribution in [2.75, 3.05) is 46.3 Å². The largest absolute Gasteiger partial charge is 0.459 e. The monoisotopic (exact) mass is 401 g/mol. The van der Waals surface area contributed by atoms with Crippen molar-refractivity contribution < 1.29 is 18.4 Å². The Balaban J connectivity index is 1.36. The Labute approximate surface area is 169 Å². The van der Waals surface area contributed by atoms with Crippen molar-refractivity contribution in [1.29, 1.82) is 0 Å². The molecule has 0 spiro atoms. The molecule has 0 atom stereocenters. The van der Waals surface area contributed by atoms with Crippen LogP contribution in [-0.4, -0.2) is 73.9 Å². The molecule has 3 rings (SSSR count). The van der Waals surface area contributed by atoms with E-state index in [0.29, 0.717) is 50.8 Å². The summed E-state index contributed by atoms with van der Waals surface area (Å²) in [7, 11) is 1.74. The number of amides is 2. The second-order valence-corrected chi connectivity index (χ2v) is 6.77. The summed E-state index contributed by atoms with van der Waals surface area (Å²) in [6.07, 6.45) is 3.77. The van der Waals surface area contributed by atoms with Gasteiger partial charge in [-0.2, -0.15) is 0 Å². The molecule has 2 aromatic heterocycles. The van der Waals surface area contributed by atoms with E-state index in [-0.39, 0.29) is 11.8 Å². The first-order chi connectivity index (χ1) is 14.1. The van der Waals surface area contributed by atoms with Crippen molar-refractivity contribution in [2.45, 2.75) is 13.3 Å². The van der Waals surface area contributed by atoms with E-state index in [4.69, 9.17) is 8.83 Å². The fourth-order valence-electron chi connectivity index (χ4n) is 3.19. The van der Waals surface area contributed by atoms with Crippen LogP contribution in [0.5, 0.6) is 0 Å². The van der Waals surface area contributed by atoms with E-state index in [0.717, 1.165) is 17.9 Å². The molecule has 1 saturated heterocycles. The minimum atomic E-state index is -0.200. The highest BCUT2D eigenvalue weighted by atomic mass is 16.3. The zero-order valence-corrected chi connectivity index (χ0v) is 16.8. The van der Waals surface area contributed by atoms with Crippen LogP contribution in [0.3, 0.4) is 0 Å². The highest BCUT2D eigenvalue weighted by molar-refractivity contribution is 5.93. The number of aliphatic imine (C=N–C) groups is 1. The third-order valence-corrected chi connectivity index (χ3v) is 4.80. The molecule has 1 aliphatic rings. The SMILES string of the molecule is CN=C(NCCCNC(=O)c1occc1C)N1CCN(C(=O)c2ccco2)CC1. The van der Waals surface area contributed by atoms with E-state index in [9.17, 15) is 9.59 Å². The number of nitrogens with one attached hydrogen (secondary N) is 2. The van der Waals surface area contributed by atoms with Gasteiger partial charge >= 0.3 is 0 Å². The molecule has 2 aromatic rings. The molecule has 0 bridgehead atoms. The van der Waals surface area contributed by atoms with Crippen LogP contribution in [0.15, 0.2) is 44.6 Å². The van der Waals surface area contributed by atoms with Crippen molar-refractivity contribution in [3.63, 3.8) is 0 Å². The summed E-state index contributed by atoms with van der Waals surface area (Å²) in [6, 6.07) is 5.16. The van der Waals surface area contributed by atoms with E-state index in [1.807, 2.05) is 6.92 Å². The Morgan fingerprint density at radius 1 is 1.03 bits per heavy atom. The maximum absolute atomic E-state index is 12.3. The quantitative estimate of drug-likeness (QED) is 0.430. The molecule has 2 N–H and O–H groups in total. The minimum absolute atomic E-state index is 0.0832. The van der Waals surface area contributed by atoms with Crippen molar-refractivity contribution in [1.82, 2.24) is 20.4 Å². The molecule has 0 saturated carbocycles. The average Bonchev–Trinajstić information content (AvgIpc) is 3.42. The molecule has 3 heterocycles. The highest BCUT2D eigenvalue weighted by Crippen LogP contribution is 2.10. The fourth-order valence-corrected chi connectivity index (χ4v) is 3.19. The predicted octanol–water partition coefficient (Wildman–Crippen LogP) is 1.33. The Kier molecular flexibility index (Phi) is 6.94. The summed E-state index contributed by atoms with van der Waals surface area (Å²) in [6.45, 7) is 5.66. The van der Waals surface area contributed by atoms with Gasteiger partial charge in [-0.3, -0.25) is 14.6 Å². The molecule has 9 nitrogen and oxygen atoms in total. The van der Waals surface area contributed by atoms with Crippen LogP contribution >= 0.6 is 0 Å². The van der Waals surface area contributed by atoms with Crippen LogP contribution in [0, 0.1) is 6.92 Å². The van der Waals surface area contributed by atoms with Crippen molar-refractivity contribution in [2.24, 2.45) is 4.99 Å². The Morgan fingerprint density at radius 3 is 2.38 bits per heavy atom. The molecular weight excluding hydrogens is 374 g/mol. The molecule has 156 valence electrons. The molecule has 0 aliphatic carbocycles. The third kappa shape index (κ3) is 5.18. The van der Waals surface area contributed by atoms with Crippen LogP contribution in [0.2, 0.25) is 0 Å². The van der Waals surface area contributed by atoms with Gasteiger partial charge in [0.2, 0.25) is 0 Å². The van der Waals surface area contributed by atoms with Gasteiger partial charge in [-0.15, -0.1) is 0 Å². The molecule has 1 fully saturated rings. The molecule has 0 unspecified atom stereocenters. The maximum atomic E-state index is 12.3. The summed E-state index contributed by atoms with van der Waals surface area (Å²) in [5.41, 5.74) is 0.825. The summed E-state index contributed by atoms with van der Waals surface area (Å²) in [5.74, 6) is 1.24. The first kappa shape index (κ1) is 20.5. The van der Waals surface area contributed by atoms with E-state index in [1.54, 1.807) is 30.1 Å². The van der Waals surface area contributed by atoms with Gasteiger partial charge in [0.1, 0.15) is 0 Å². The van der Waals surface area contributed by atoms with Crippen LogP contribution < -0.4 is 10.6 Å². The Hall–Kier alpha value is -3.23. The maximum Gasteiger partial charge on any atom is 0.289 e. The van der Waals surface area contributed by atoms with Gasteiger partial charge in [-0.1, -0.05) is 0 Å². The smallest absolute Gasteiger partial charge is 0.289 e. The molecule has 9 heteroatoms. The van der Waals surface area contributed by atoms with Gasteiger partial charge in [-0.05, 0) is 31.5 Å². The lowest BCUT2D eigenvalue weighted by molar-refractivity contribution is 0.0657. The van der Waals surface area contributed by atoms with Crippen molar-refractivity contribution in [3.8, 4) is 0 Å². The van der Waals surface area contributed by atoms with Crippen molar-refractivity contribution >= 4 is 17.8 Å². The first-order valence-electron chi connectivity index (χ1n) is 9.71. The standard InChI is InChI=1S/C20H27N5O4/c1-15-6-14-29-17(15)18(26)22-7-4-8-23-20(21-2)25-11-9-24(10-12-25)19(27)16-5-3-13-28-16/h3,5-6,13-14H,4,7-12H2,1-2H3,(H,21,23)(H,22,26). The number of hydrogen-bond donors (Lipinski definition) is 2. The van der Waals surface area contributed by atoms with Gasteiger partial charge in [0.15, 0.2) is 17.5 Å². The Bertz CT molecular complexity index is 835. The summed E-state index contributed by atoms with van der Waals surface area (Å²) >= 11 is 0. The number of carbonyl (C=O) groups excluding carboxylic acids is 2. The second-order valence-electron chi connectivity index (χ2n) is 6.77. The van der Waals surface area contributed by atoms with Crippen LogP contribution in [0.25, 0.3) is 0 Å². The normalized spacial score (nSPS) is 14.8. The molecule has 0 aromatic carbocycles. The third-order valence-electron chi connectivity index (χ3n) is 4.80.